The van der Waals surface area contributed by atoms with Gasteiger partial charge in [0.15, 0.2) is 5.65 Å². The summed E-state index contributed by atoms with van der Waals surface area (Å²) >= 11 is 0. The molecule has 0 atom stereocenters. The minimum Gasteiger partial charge on any atom is -0.508 e. The Morgan fingerprint density at radius 3 is 1.76 bits per heavy atom. The van der Waals surface area contributed by atoms with Crippen LogP contribution in [0.15, 0.2) is 67.4 Å². The first kappa shape index (κ1) is 20.1. The molecule has 3 N–H and O–H groups in total. The average Bonchev–Trinajstić information content (AvgIpc) is 3.23. The maximum Gasteiger partial charge on any atom is 0.180 e. The van der Waals surface area contributed by atoms with Crippen LogP contribution < -0.4 is 0 Å². The Hall–Kier alpha value is -3.67. The van der Waals surface area contributed by atoms with E-state index in [1.807, 2.05) is 24.3 Å². The summed E-state index contributed by atoms with van der Waals surface area (Å²) in [5, 5.41) is 18.8. The molecule has 0 aliphatic rings. The highest BCUT2D eigenvalue weighted by Crippen LogP contribution is 2.32. The number of nitrogens with zero attached hydrogens (tertiary/aromatic N) is 3. The molecule has 0 spiro atoms. The normalized spacial score (nSPS) is 11.5. The standard InChI is InChI=1S/C18H20O2.C5H4N4/c1-3-17(13-5-9-15(19)10-6-13)18(4-2)14-7-11-16(20)12-8-14;1-4-5(8-2-6-1)9-3-7-4/h5-12,19-20H,3-4H2,1-2H3;1-3H,(H,6,7,8,9). The molecule has 6 nitrogen and oxygen atoms in total. The number of allylic oxidation sites excluding steroid dienone is 2. The molecule has 2 aromatic carbocycles. The van der Waals surface area contributed by atoms with E-state index in [1.165, 1.54) is 17.5 Å². The molecule has 0 aliphatic heterocycles. The number of hydrogen-bond acceptors (Lipinski definition) is 5. The van der Waals surface area contributed by atoms with Gasteiger partial charge in [0.2, 0.25) is 0 Å². The van der Waals surface area contributed by atoms with Gasteiger partial charge in [0.1, 0.15) is 23.3 Å². The van der Waals surface area contributed by atoms with Crippen molar-refractivity contribution in [2.45, 2.75) is 26.7 Å². The minimum absolute atomic E-state index is 0.284. The molecule has 2 heterocycles. The van der Waals surface area contributed by atoms with Crippen LogP contribution in [0.5, 0.6) is 11.5 Å². The van der Waals surface area contributed by atoms with Crippen molar-refractivity contribution in [3.05, 3.63) is 78.5 Å². The number of aromatic amines is 1. The Morgan fingerprint density at radius 1 is 0.793 bits per heavy atom. The summed E-state index contributed by atoms with van der Waals surface area (Å²) in [7, 11) is 0. The van der Waals surface area contributed by atoms with Crippen LogP contribution in [0.4, 0.5) is 0 Å². The second-order valence-electron chi connectivity index (χ2n) is 6.42. The van der Waals surface area contributed by atoms with Crippen molar-refractivity contribution < 1.29 is 10.2 Å². The lowest BCUT2D eigenvalue weighted by Gasteiger charge is -2.14. The van der Waals surface area contributed by atoms with Gasteiger partial charge in [0.25, 0.3) is 0 Å². The zero-order valence-electron chi connectivity index (χ0n) is 16.5. The molecule has 0 amide bonds. The molecule has 0 aliphatic carbocycles. The van der Waals surface area contributed by atoms with E-state index >= 15 is 0 Å². The third kappa shape index (κ3) is 4.99. The summed E-state index contributed by atoms with van der Waals surface area (Å²) in [6.07, 6.45) is 6.61. The van der Waals surface area contributed by atoms with E-state index in [1.54, 1.807) is 36.8 Å². The third-order valence-electron chi connectivity index (χ3n) is 4.60. The molecule has 4 rings (SSSR count). The van der Waals surface area contributed by atoms with E-state index in [0.717, 1.165) is 29.5 Å². The molecule has 2 aromatic heterocycles. The van der Waals surface area contributed by atoms with Crippen molar-refractivity contribution in [3.63, 3.8) is 0 Å². The van der Waals surface area contributed by atoms with Gasteiger partial charge < -0.3 is 15.2 Å². The predicted octanol–water partition coefficient (Wildman–Crippen LogP) is 5.18. The number of H-pyrrole nitrogens is 1. The van der Waals surface area contributed by atoms with Crippen molar-refractivity contribution in [1.82, 2.24) is 19.9 Å². The second kappa shape index (κ2) is 9.50. The zero-order chi connectivity index (χ0) is 20.6. The summed E-state index contributed by atoms with van der Waals surface area (Å²) in [5.74, 6) is 0.568. The maximum absolute atomic E-state index is 9.41. The molecule has 0 radical (unpaired) electrons. The van der Waals surface area contributed by atoms with Gasteiger partial charge >= 0.3 is 0 Å². The van der Waals surface area contributed by atoms with E-state index < -0.39 is 0 Å². The number of rotatable bonds is 4. The molecular weight excluding hydrogens is 364 g/mol. The molecule has 148 valence electrons. The molecular formula is C23H24N4O2. The van der Waals surface area contributed by atoms with Crippen LogP contribution in [0.2, 0.25) is 0 Å². The zero-order valence-corrected chi connectivity index (χ0v) is 16.5. The van der Waals surface area contributed by atoms with Crippen LogP contribution in [-0.4, -0.2) is 30.1 Å². The number of phenolic OH excluding ortho intramolecular Hbond substituents is 2. The molecule has 6 heteroatoms. The van der Waals surface area contributed by atoms with Crippen molar-refractivity contribution >= 4 is 22.3 Å². The number of benzene rings is 2. The minimum atomic E-state index is 0.284. The predicted molar refractivity (Wildman–Crippen MR) is 115 cm³/mol. The quantitative estimate of drug-likeness (QED) is 0.419. The van der Waals surface area contributed by atoms with Crippen LogP contribution in [0, 0.1) is 0 Å². The van der Waals surface area contributed by atoms with Gasteiger partial charge in [-0.05, 0) is 59.4 Å². The van der Waals surface area contributed by atoms with Crippen molar-refractivity contribution in [2.24, 2.45) is 0 Å². The fourth-order valence-corrected chi connectivity index (χ4v) is 3.20. The fourth-order valence-electron chi connectivity index (χ4n) is 3.20. The molecule has 0 saturated heterocycles. The Balaban J connectivity index is 0.000000220. The third-order valence-corrected chi connectivity index (χ3v) is 4.60. The maximum atomic E-state index is 9.41. The smallest absolute Gasteiger partial charge is 0.180 e. The van der Waals surface area contributed by atoms with E-state index in [-0.39, 0.29) is 11.5 Å². The number of nitrogens with one attached hydrogen (secondary N) is 1. The van der Waals surface area contributed by atoms with Gasteiger partial charge in [-0.3, -0.25) is 0 Å². The Labute approximate surface area is 169 Å². The van der Waals surface area contributed by atoms with Gasteiger partial charge in [0.05, 0.1) is 12.5 Å². The summed E-state index contributed by atoms with van der Waals surface area (Å²) < 4.78 is 0. The summed E-state index contributed by atoms with van der Waals surface area (Å²) in [6.45, 7) is 4.27. The molecule has 0 saturated carbocycles. The van der Waals surface area contributed by atoms with Crippen LogP contribution in [-0.2, 0) is 0 Å². The summed E-state index contributed by atoms with van der Waals surface area (Å²) in [5.41, 5.74) is 6.41. The average molecular weight is 388 g/mol. The van der Waals surface area contributed by atoms with Gasteiger partial charge in [0, 0.05) is 0 Å². The Morgan fingerprint density at radius 2 is 1.31 bits per heavy atom. The lowest BCUT2D eigenvalue weighted by atomic mass is 9.91. The van der Waals surface area contributed by atoms with E-state index in [4.69, 9.17) is 0 Å². The first-order valence-electron chi connectivity index (χ1n) is 9.52. The first-order valence-corrected chi connectivity index (χ1v) is 9.52. The monoisotopic (exact) mass is 388 g/mol. The Bertz CT molecular complexity index is 998. The molecule has 0 bridgehead atoms. The SMILES string of the molecule is CCC(=C(CC)c1ccc(O)cc1)c1ccc(O)cc1.c1ncc2[nH]cnc2n1. The number of phenols is 2. The van der Waals surface area contributed by atoms with E-state index in [0.29, 0.717) is 5.65 Å². The highest BCUT2D eigenvalue weighted by Gasteiger charge is 2.09. The van der Waals surface area contributed by atoms with Gasteiger partial charge in [-0.1, -0.05) is 38.1 Å². The van der Waals surface area contributed by atoms with Crippen LogP contribution in [0.1, 0.15) is 37.8 Å². The molecule has 29 heavy (non-hydrogen) atoms. The lowest BCUT2D eigenvalue weighted by molar-refractivity contribution is 0.474. The van der Waals surface area contributed by atoms with Gasteiger partial charge in [-0.2, -0.15) is 0 Å². The number of aromatic nitrogens is 4. The molecule has 4 aromatic rings. The lowest BCUT2D eigenvalue weighted by Crippen LogP contribution is -1.91. The van der Waals surface area contributed by atoms with Gasteiger partial charge in [-0.15, -0.1) is 0 Å². The second-order valence-corrected chi connectivity index (χ2v) is 6.42. The Kier molecular flexibility index (Phi) is 6.58. The fraction of sp³-hybridized carbons (Fsp3) is 0.174. The van der Waals surface area contributed by atoms with Crippen LogP contribution >= 0.6 is 0 Å². The van der Waals surface area contributed by atoms with Crippen molar-refractivity contribution in [3.8, 4) is 11.5 Å². The summed E-state index contributed by atoms with van der Waals surface area (Å²) in [6, 6.07) is 14.7. The molecule has 0 fully saturated rings. The van der Waals surface area contributed by atoms with Crippen molar-refractivity contribution in [2.75, 3.05) is 0 Å². The molecule has 0 unspecified atom stereocenters. The van der Waals surface area contributed by atoms with Crippen LogP contribution in [0.3, 0.4) is 0 Å². The van der Waals surface area contributed by atoms with Crippen molar-refractivity contribution in [1.29, 1.82) is 0 Å². The number of hydrogen-bond donors (Lipinski definition) is 3. The largest absolute Gasteiger partial charge is 0.508 e. The van der Waals surface area contributed by atoms with Crippen LogP contribution in [0.25, 0.3) is 22.3 Å². The number of fused-ring (bicyclic) bond motifs is 1. The first-order chi connectivity index (χ1) is 14.1. The number of aromatic hydroxyl groups is 2. The highest BCUT2D eigenvalue weighted by molar-refractivity contribution is 5.90. The van der Waals surface area contributed by atoms with E-state index in [2.05, 4.69) is 33.8 Å². The highest BCUT2D eigenvalue weighted by atomic mass is 16.3. The summed E-state index contributed by atoms with van der Waals surface area (Å²) in [4.78, 5) is 14.5. The van der Waals surface area contributed by atoms with Gasteiger partial charge in [-0.25, -0.2) is 15.0 Å². The van der Waals surface area contributed by atoms with E-state index in [9.17, 15) is 10.2 Å². The topological polar surface area (TPSA) is 94.9 Å². The number of imidazole rings is 1.